The lowest BCUT2D eigenvalue weighted by atomic mass is 9.94. The topological polar surface area (TPSA) is 108 Å². The van der Waals surface area contributed by atoms with Crippen LogP contribution in [0.1, 0.15) is 30.6 Å². The second-order valence-corrected chi connectivity index (χ2v) is 7.50. The highest BCUT2D eigenvalue weighted by atomic mass is 35.5. The maximum Gasteiger partial charge on any atom is 0.293 e. The fourth-order valence-corrected chi connectivity index (χ4v) is 3.78. The summed E-state index contributed by atoms with van der Waals surface area (Å²) in [6.45, 7) is 7.36. The molecule has 1 aromatic carbocycles. The molecule has 0 aliphatic carbocycles. The first-order valence-electron chi connectivity index (χ1n) is 9.67. The molecule has 9 nitrogen and oxygen atoms in total. The van der Waals surface area contributed by atoms with Crippen LogP contribution in [-0.4, -0.2) is 66.9 Å². The molecule has 0 spiro atoms. The zero-order valence-corrected chi connectivity index (χ0v) is 17.5. The Kier molecular flexibility index (Phi) is 7.80. The van der Waals surface area contributed by atoms with Crippen molar-refractivity contribution < 1.29 is 14.5 Å². The van der Waals surface area contributed by atoms with Gasteiger partial charge in [0.05, 0.1) is 4.92 Å². The number of piperidine rings is 1. The average molecular weight is 426 g/mol. The van der Waals surface area contributed by atoms with E-state index in [1.54, 1.807) is 17.0 Å². The first-order valence-corrected chi connectivity index (χ1v) is 9.67. The molecular weight excluding hydrogens is 398 g/mol. The van der Waals surface area contributed by atoms with E-state index in [0.717, 1.165) is 13.0 Å². The summed E-state index contributed by atoms with van der Waals surface area (Å²) in [6, 6.07) is 4.64. The number of carbonyl (C=O) groups excluding carboxylic acids is 2. The molecule has 2 fully saturated rings. The van der Waals surface area contributed by atoms with Gasteiger partial charge < -0.3 is 20.4 Å². The molecular formula is C19H28ClN5O4. The number of halogens is 1. The summed E-state index contributed by atoms with van der Waals surface area (Å²) in [5.41, 5.74) is 0.687. The van der Waals surface area contributed by atoms with Crippen LogP contribution in [0, 0.1) is 16.0 Å². The van der Waals surface area contributed by atoms with Crippen molar-refractivity contribution in [3.05, 3.63) is 33.9 Å². The largest absolute Gasteiger partial charge is 0.362 e. The monoisotopic (exact) mass is 425 g/mol. The Hall–Kier alpha value is -2.39. The lowest BCUT2D eigenvalue weighted by Gasteiger charge is -2.35. The SMILES string of the molecule is CC(=O)N1CCN(c2ccc(C(=O)NC3CNCCC3C)cc2[N+](=O)[O-])CC1.Cl. The molecule has 0 saturated carbocycles. The summed E-state index contributed by atoms with van der Waals surface area (Å²) in [4.78, 5) is 38.9. The van der Waals surface area contributed by atoms with Gasteiger partial charge in [-0.15, -0.1) is 12.4 Å². The lowest BCUT2D eigenvalue weighted by molar-refractivity contribution is -0.384. The minimum Gasteiger partial charge on any atom is -0.362 e. The molecule has 2 atom stereocenters. The fourth-order valence-electron chi connectivity index (χ4n) is 3.78. The summed E-state index contributed by atoms with van der Waals surface area (Å²) in [5.74, 6) is 0.0706. The number of nitrogens with zero attached hydrogens (tertiary/aromatic N) is 3. The van der Waals surface area contributed by atoms with Gasteiger partial charge in [-0.25, -0.2) is 0 Å². The third-order valence-corrected chi connectivity index (χ3v) is 5.64. The van der Waals surface area contributed by atoms with Crippen LogP contribution in [0.2, 0.25) is 0 Å². The first kappa shape index (κ1) is 22.9. The van der Waals surface area contributed by atoms with Gasteiger partial charge in [0.1, 0.15) is 5.69 Å². The molecule has 2 aliphatic heterocycles. The van der Waals surface area contributed by atoms with Crippen molar-refractivity contribution in [3.8, 4) is 0 Å². The number of anilines is 1. The van der Waals surface area contributed by atoms with Crippen LogP contribution in [0.15, 0.2) is 18.2 Å². The minimum atomic E-state index is -0.450. The molecule has 2 aliphatic rings. The van der Waals surface area contributed by atoms with E-state index in [-0.39, 0.29) is 41.5 Å². The molecule has 3 rings (SSSR count). The third kappa shape index (κ3) is 5.36. The molecule has 0 radical (unpaired) electrons. The highest BCUT2D eigenvalue weighted by Crippen LogP contribution is 2.30. The highest BCUT2D eigenvalue weighted by Gasteiger charge is 2.27. The Morgan fingerprint density at radius 1 is 1.24 bits per heavy atom. The van der Waals surface area contributed by atoms with Crippen LogP contribution < -0.4 is 15.5 Å². The van der Waals surface area contributed by atoms with E-state index in [0.29, 0.717) is 44.3 Å². The predicted molar refractivity (Wildman–Crippen MR) is 113 cm³/mol. The van der Waals surface area contributed by atoms with E-state index >= 15 is 0 Å². The van der Waals surface area contributed by atoms with Crippen LogP contribution in [0.4, 0.5) is 11.4 Å². The van der Waals surface area contributed by atoms with Crippen LogP contribution in [0.5, 0.6) is 0 Å². The summed E-state index contributed by atoms with van der Waals surface area (Å²) < 4.78 is 0. The maximum atomic E-state index is 12.6. The number of nitro groups is 1. The highest BCUT2D eigenvalue weighted by molar-refractivity contribution is 5.96. The number of hydrogen-bond acceptors (Lipinski definition) is 6. The number of piperazine rings is 1. The number of hydrogen-bond donors (Lipinski definition) is 2. The second-order valence-electron chi connectivity index (χ2n) is 7.50. The van der Waals surface area contributed by atoms with Gasteiger partial charge >= 0.3 is 0 Å². The Labute approximate surface area is 176 Å². The van der Waals surface area contributed by atoms with Crippen molar-refractivity contribution in [2.45, 2.75) is 26.3 Å². The Morgan fingerprint density at radius 3 is 2.52 bits per heavy atom. The summed E-state index contributed by atoms with van der Waals surface area (Å²) >= 11 is 0. The van der Waals surface area contributed by atoms with Crippen molar-refractivity contribution in [1.82, 2.24) is 15.5 Å². The second kappa shape index (κ2) is 9.89. The van der Waals surface area contributed by atoms with Crippen molar-refractivity contribution >= 4 is 35.6 Å². The predicted octanol–water partition coefficient (Wildman–Crippen LogP) is 1.41. The Morgan fingerprint density at radius 2 is 1.93 bits per heavy atom. The Bertz CT molecular complexity index is 767. The summed E-state index contributed by atoms with van der Waals surface area (Å²) in [5, 5.41) is 17.9. The number of amides is 2. The summed E-state index contributed by atoms with van der Waals surface area (Å²) in [6.07, 6.45) is 0.982. The number of nitrogens with one attached hydrogen (secondary N) is 2. The van der Waals surface area contributed by atoms with E-state index in [1.807, 2.05) is 4.90 Å². The first-order chi connectivity index (χ1) is 13.4. The van der Waals surface area contributed by atoms with Gasteiger partial charge in [-0.3, -0.25) is 19.7 Å². The van der Waals surface area contributed by atoms with Crippen molar-refractivity contribution in [1.29, 1.82) is 0 Å². The number of benzene rings is 1. The quantitative estimate of drug-likeness (QED) is 0.558. The van der Waals surface area contributed by atoms with Gasteiger partial charge in [0, 0.05) is 57.3 Å². The van der Waals surface area contributed by atoms with E-state index in [1.165, 1.54) is 13.0 Å². The molecule has 1 aromatic rings. The minimum absolute atomic E-state index is 0. The van der Waals surface area contributed by atoms with Crippen LogP contribution in [0.3, 0.4) is 0 Å². The lowest BCUT2D eigenvalue weighted by Crippen LogP contribution is -2.50. The normalized spacial score (nSPS) is 21.9. The van der Waals surface area contributed by atoms with Gasteiger partial charge in [0.2, 0.25) is 5.91 Å². The molecule has 10 heteroatoms. The molecule has 160 valence electrons. The van der Waals surface area contributed by atoms with E-state index < -0.39 is 4.92 Å². The summed E-state index contributed by atoms with van der Waals surface area (Å²) in [7, 11) is 0. The molecule has 2 N–H and O–H groups in total. The maximum absolute atomic E-state index is 12.6. The third-order valence-electron chi connectivity index (χ3n) is 5.64. The van der Waals surface area contributed by atoms with Crippen molar-refractivity contribution in [3.63, 3.8) is 0 Å². The molecule has 2 heterocycles. The molecule has 2 saturated heterocycles. The van der Waals surface area contributed by atoms with E-state index in [9.17, 15) is 19.7 Å². The number of nitro benzene ring substituents is 1. The number of carbonyl (C=O) groups is 2. The van der Waals surface area contributed by atoms with Gasteiger partial charge in [0.15, 0.2) is 0 Å². The molecule has 2 unspecified atom stereocenters. The zero-order chi connectivity index (χ0) is 20.3. The molecule has 29 heavy (non-hydrogen) atoms. The fraction of sp³-hybridized carbons (Fsp3) is 0.579. The van der Waals surface area contributed by atoms with Gasteiger partial charge in [0.25, 0.3) is 11.6 Å². The standard InChI is InChI=1S/C19H27N5O4.ClH/c1-13-5-6-20-12-16(13)21-19(26)15-3-4-17(18(11-15)24(27)28)23-9-7-22(8-10-23)14(2)25;/h3-4,11,13,16,20H,5-10,12H2,1-2H3,(H,21,26);1H. The van der Waals surface area contributed by atoms with Gasteiger partial charge in [-0.2, -0.15) is 0 Å². The molecule has 0 bridgehead atoms. The van der Waals surface area contributed by atoms with Crippen LogP contribution >= 0.6 is 12.4 Å². The van der Waals surface area contributed by atoms with Gasteiger partial charge in [-0.1, -0.05) is 6.92 Å². The van der Waals surface area contributed by atoms with Crippen LogP contribution in [-0.2, 0) is 4.79 Å². The number of rotatable bonds is 4. The van der Waals surface area contributed by atoms with E-state index in [4.69, 9.17) is 0 Å². The van der Waals surface area contributed by atoms with Crippen molar-refractivity contribution in [2.24, 2.45) is 5.92 Å². The molecule has 2 amide bonds. The van der Waals surface area contributed by atoms with Crippen molar-refractivity contribution in [2.75, 3.05) is 44.2 Å². The van der Waals surface area contributed by atoms with E-state index in [2.05, 4.69) is 17.6 Å². The average Bonchev–Trinajstić information content (AvgIpc) is 2.69. The molecule has 0 aromatic heterocycles. The van der Waals surface area contributed by atoms with Gasteiger partial charge in [-0.05, 0) is 31.0 Å². The zero-order valence-electron chi connectivity index (χ0n) is 16.7. The van der Waals surface area contributed by atoms with Crippen LogP contribution in [0.25, 0.3) is 0 Å². The Balaban J connectivity index is 0.00000300. The smallest absolute Gasteiger partial charge is 0.293 e.